The molecule has 0 amide bonds. The molecule has 0 nitrogen and oxygen atoms in total. The molecule has 0 aliphatic rings. The second kappa shape index (κ2) is 4.19. The Kier molecular flexibility index (Phi) is 4.86. The van der Waals surface area contributed by atoms with E-state index in [1.807, 2.05) is 13.8 Å². The molecule has 0 aromatic carbocycles. The molecule has 0 saturated carbocycles. The van der Waals surface area contributed by atoms with Gasteiger partial charge in [-0.05, 0) is 6.92 Å². The van der Waals surface area contributed by atoms with E-state index >= 15 is 0 Å². The Hall–Kier alpha value is -0.420. The van der Waals surface area contributed by atoms with Crippen LogP contribution in [0.2, 0.25) is 0 Å². The van der Waals surface area contributed by atoms with Gasteiger partial charge in [0.1, 0.15) is 0 Å². The van der Waals surface area contributed by atoms with Crippen molar-refractivity contribution in [2.75, 3.05) is 0 Å². The predicted molar refractivity (Wildman–Crippen MR) is 37.5 cm³/mol. The third-order valence-corrected chi connectivity index (χ3v) is 1.36. The Bertz CT molecular complexity index is 124. The zero-order chi connectivity index (χ0) is 11.5. The van der Waals surface area contributed by atoms with Gasteiger partial charge in [0.05, 0.1) is 0 Å². The van der Waals surface area contributed by atoms with Crippen LogP contribution >= 0.6 is 0 Å². The van der Waals surface area contributed by atoms with E-state index in [0.29, 0.717) is 0 Å². The number of halogens is 6. The summed E-state index contributed by atoms with van der Waals surface area (Å²) in [6.07, 6.45) is -5.54. The normalized spacial score (nSPS) is 17.1. The molecule has 0 N–H and O–H groups in total. The minimum atomic E-state index is -5.54. The third-order valence-electron chi connectivity index (χ3n) is 1.36. The first-order chi connectivity index (χ1) is 5.50. The van der Waals surface area contributed by atoms with Crippen LogP contribution in [0.1, 0.15) is 27.7 Å². The molecule has 13 heavy (non-hydrogen) atoms. The van der Waals surface area contributed by atoms with Crippen molar-refractivity contribution in [2.24, 2.45) is 0 Å². The van der Waals surface area contributed by atoms with E-state index in [1.54, 1.807) is 0 Å². The lowest BCUT2D eigenvalue weighted by Gasteiger charge is -2.28. The van der Waals surface area contributed by atoms with Gasteiger partial charge in [0.15, 0.2) is 0 Å². The first kappa shape index (κ1) is 15.1. The summed E-state index contributed by atoms with van der Waals surface area (Å²) in [6.45, 7) is 3.70. The van der Waals surface area contributed by atoms with Crippen LogP contribution in [0, 0.1) is 0 Å². The lowest BCUT2D eigenvalue weighted by Crippen LogP contribution is -2.51. The highest BCUT2D eigenvalue weighted by Crippen LogP contribution is 2.44. The van der Waals surface area contributed by atoms with Crippen molar-refractivity contribution in [3.8, 4) is 0 Å². The molecule has 0 fully saturated rings. The maximum atomic E-state index is 12.2. The Morgan fingerprint density at radius 2 is 0.923 bits per heavy atom. The standard InChI is InChI=1S/C5H6F6.C2H6/c1-3(6,4(2,7)8)5(9,10)11;1-2/h1-2H3;1-2H3. The molecule has 0 heterocycles. The van der Waals surface area contributed by atoms with Gasteiger partial charge < -0.3 is 0 Å². The third kappa shape index (κ3) is 3.44. The first-order valence-corrected chi connectivity index (χ1v) is 3.63. The van der Waals surface area contributed by atoms with E-state index in [1.165, 1.54) is 0 Å². The van der Waals surface area contributed by atoms with Crippen molar-refractivity contribution in [1.29, 1.82) is 0 Å². The molecule has 0 aromatic rings. The summed E-state index contributed by atoms with van der Waals surface area (Å²) in [7, 11) is 0. The fourth-order valence-corrected chi connectivity index (χ4v) is 0.249. The monoisotopic (exact) mass is 210 g/mol. The van der Waals surface area contributed by atoms with Gasteiger partial charge in [-0.25, -0.2) is 13.2 Å². The SMILES string of the molecule is CC.CC(F)(F)C(C)(F)C(F)(F)F. The lowest BCUT2D eigenvalue weighted by molar-refractivity contribution is -0.289. The second-order valence-electron chi connectivity index (χ2n) is 2.39. The Balaban J connectivity index is 0. The number of rotatable bonds is 1. The van der Waals surface area contributed by atoms with Crippen LogP contribution in [0.15, 0.2) is 0 Å². The minimum absolute atomic E-state index is 0.111. The maximum absolute atomic E-state index is 12.2. The van der Waals surface area contributed by atoms with Crippen molar-refractivity contribution >= 4 is 0 Å². The van der Waals surface area contributed by atoms with Gasteiger partial charge in [0.25, 0.3) is 11.6 Å². The Morgan fingerprint density at radius 1 is 0.692 bits per heavy atom. The zero-order valence-corrected chi connectivity index (χ0v) is 7.77. The molecule has 0 aliphatic heterocycles. The summed E-state index contributed by atoms with van der Waals surface area (Å²) >= 11 is 0. The summed E-state index contributed by atoms with van der Waals surface area (Å²) in [6, 6.07) is 0. The molecular formula is C7H12F6. The van der Waals surface area contributed by atoms with Crippen molar-refractivity contribution in [1.82, 2.24) is 0 Å². The summed E-state index contributed by atoms with van der Waals surface area (Å²) < 4.78 is 70.5. The molecule has 0 aliphatic carbocycles. The molecule has 0 aromatic heterocycles. The average molecular weight is 210 g/mol. The fraction of sp³-hybridized carbons (Fsp3) is 1.00. The molecule has 82 valence electrons. The average Bonchev–Trinajstić information content (AvgIpc) is 1.87. The van der Waals surface area contributed by atoms with Crippen LogP contribution in [0.3, 0.4) is 0 Å². The number of hydrogen-bond acceptors (Lipinski definition) is 0. The quantitative estimate of drug-likeness (QED) is 0.574. The zero-order valence-electron chi connectivity index (χ0n) is 7.77. The smallest absolute Gasteiger partial charge is 0.227 e. The van der Waals surface area contributed by atoms with Gasteiger partial charge in [-0.2, -0.15) is 13.2 Å². The molecule has 1 atom stereocenters. The van der Waals surface area contributed by atoms with Gasteiger partial charge in [-0.1, -0.05) is 13.8 Å². The van der Waals surface area contributed by atoms with Crippen LogP contribution in [-0.4, -0.2) is 17.8 Å². The minimum Gasteiger partial charge on any atom is -0.227 e. The highest BCUT2D eigenvalue weighted by atomic mass is 19.4. The topological polar surface area (TPSA) is 0 Å². The molecule has 6 heteroatoms. The van der Waals surface area contributed by atoms with Gasteiger partial charge in [0.2, 0.25) is 0 Å². The van der Waals surface area contributed by atoms with Crippen LogP contribution in [0.4, 0.5) is 26.3 Å². The maximum Gasteiger partial charge on any atom is 0.428 e. The van der Waals surface area contributed by atoms with E-state index in [0.717, 1.165) is 0 Å². The molecular weight excluding hydrogens is 198 g/mol. The van der Waals surface area contributed by atoms with Crippen LogP contribution in [-0.2, 0) is 0 Å². The summed E-state index contributed by atoms with van der Waals surface area (Å²) in [5, 5.41) is 0. The molecule has 1 unspecified atom stereocenters. The summed E-state index contributed by atoms with van der Waals surface area (Å²) in [4.78, 5) is 0. The van der Waals surface area contributed by atoms with Gasteiger partial charge in [-0.3, -0.25) is 0 Å². The highest BCUT2D eigenvalue weighted by Gasteiger charge is 2.65. The molecule has 0 saturated heterocycles. The van der Waals surface area contributed by atoms with Crippen LogP contribution in [0.25, 0.3) is 0 Å². The van der Waals surface area contributed by atoms with Gasteiger partial charge >= 0.3 is 6.18 Å². The largest absolute Gasteiger partial charge is 0.428 e. The molecule has 0 radical (unpaired) electrons. The Morgan fingerprint density at radius 3 is 0.923 bits per heavy atom. The van der Waals surface area contributed by atoms with E-state index in [-0.39, 0.29) is 13.8 Å². The number of alkyl halides is 6. The van der Waals surface area contributed by atoms with Crippen molar-refractivity contribution in [3.05, 3.63) is 0 Å². The molecule has 0 spiro atoms. The second-order valence-corrected chi connectivity index (χ2v) is 2.39. The van der Waals surface area contributed by atoms with Gasteiger partial charge in [0, 0.05) is 6.92 Å². The lowest BCUT2D eigenvalue weighted by atomic mass is 10.0. The molecule has 0 rings (SSSR count). The van der Waals surface area contributed by atoms with E-state index in [4.69, 9.17) is 0 Å². The summed E-state index contributed by atoms with van der Waals surface area (Å²) in [5.74, 6) is -4.41. The molecule has 0 bridgehead atoms. The van der Waals surface area contributed by atoms with E-state index in [9.17, 15) is 26.3 Å². The van der Waals surface area contributed by atoms with Crippen LogP contribution < -0.4 is 0 Å². The van der Waals surface area contributed by atoms with Crippen molar-refractivity contribution in [3.63, 3.8) is 0 Å². The summed E-state index contributed by atoms with van der Waals surface area (Å²) in [5.41, 5.74) is -4.46. The van der Waals surface area contributed by atoms with Gasteiger partial charge in [-0.15, -0.1) is 0 Å². The van der Waals surface area contributed by atoms with Crippen LogP contribution in [0.5, 0.6) is 0 Å². The Labute approximate surface area is 72.9 Å². The fourth-order valence-electron chi connectivity index (χ4n) is 0.249. The number of hydrogen-bond donors (Lipinski definition) is 0. The predicted octanol–water partition coefficient (Wildman–Crippen LogP) is 3.96. The van der Waals surface area contributed by atoms with Crippen molar-refractivity contribution in [2.45, 2.75) is 45.5 Å². The van der Waals surface area contributed by atoms with E-state index < -0.39 is 17.8 Å². The highest BCUT2D eigenvalue weighted by molar-refractivity contribution is 4.92. The first-order valence-electron chi connectivity index (χ1n) is 3.63. The van der Waals surface area contributed by atoms with Crippen molar-refractivity contribution < 1.29 is 26.3 Å². The van der Waals surface area contributed by atoms with E-state index in [2.05, 4.69) is 0 Å².